The van der Waals surface area contributed by atoms with E-state index < -0.39 is 10.0 Å². The zero-order valence-corrected chi connectivity index (χ0v) is 15.2. The Morgan fingerprint density at radius 2 is 1.86 bits per heavy atom. The molecular formula is C14H14Br2N2O2S. The van der Waals surface area contributed by atoms with Crippen molar-refractivity contribution in [3.05, 3.63) is 57.0 Å². The van der Waals surface area contributed by atoms with Crippen LogP contribution in [0.5, 0.6) is 0 Å². The average molecular weight is 434 g/mol. The van der Waals surface area contributed by atoms with E-state index in [9.17, 15) is 8.42 Å². The number of hydrogen-bond donors (Lipinski definition) is 2. The Bertz CT molecular complexity index is 763. The lowest BCUT2D eigenvalue weighted by Gasteiger charge is -2.15. The second-order valence-corrected chi connectivity index (χ2v) is 8.07. The molecule has 0 heterocycles. The van der Waals surface area contributed by atoms with Gasteiger partial charge in [0.1, 0.15) is 0 Å². The molecule has 0 spiro atoms. The fourth-order valence-electron chi connectivity index (χ4n) is 1.83. The molecule has 0 bridgehead atoms. The average Bonchev–Trinajstić information content (AvgIpc) is 2.41. The Kier molecular flexibility index (Phi) is 5.08. The van der Waals surface area contributed by atoms with Gasteiger partial charge in [-0.15, -0.1) is 0 Å². The van der Waals surface area contributed by atoms with Gasteiger partial charge in [0, 0.05) is 20.7 Å². The number of rotatable bonds is 4. The standard InChI is InChI=1S/C14H14Br2N2O2S/c1-9(10-3-2-4-11(15)7-10)18-21(19,20)12-5-6-13(16)14(17)8-12/h2-9,18H,17H2,1H3. The van der Waals surface area contributed by atoms with Crippen LogP contribution in [0.1, 0.15) is 18.5 Å². The van der Waals surface area contributed by atoms with Gasteiger partial charge in [-0.2, -0.15) is 0 Å². The third-order valence-electron chi connectivity index (χ3n) is 2.96. The van der Waals surface area contributed by atoms with Crippen molar-refractivity contribution in [2.45, 2.75) is 17.9 Å². The third-order valence-corrected chi connectivity index (χ3v) is 5.71. The van der Waals surface area contributed by atoms with E-state index in [-0.39, 0.29) is 10.9 Å². The maximum atomic E-state index is 12.4. The van der Waals surface area contributed by atoms with Crippen molar-refractivity contribution in [2.75, 3.05) is 5.73 Å². The predicted molar refractivity (Wildman–Crippen MR) is 91.4 cm³/mol. The minimum Gasteiger partial charge on any atom is -0.398 e. The molecule has 112 valence electrons. The highest BCUT2D eigenvalue weighted by Gasteiger charge is 2.19. The highest BCUT2D eigenvalue weighted by Crippen LogP contribution is 2.24. The van der Waals surface area contributed by atoms with Crippen LogP contribution < -0.4 is 10.5 Å². The molecule has 0 aromatic heterocycles. The molecule has 1 atom stereocenters. The van der Waals surface area contributed by atoms with Gasteiger partial charge in [0.2, 0.25) is 10.0 Å². The van der Waals surface area contributed by atoms with E-state index in [0.717, 1.165) is 10.0 Å². The Morgan fingerprint density at radius 1 is 1.14 bits per heavy atom. The van der Waals surface area contributed by atoms with Gasteiger partial charge in [0.15, 0.2) is 0 Å². The summed E-state index contributed by atoms with van der Waals surface area (Å²) in [6, 6.07) is 11.7. The molecule has 3 N–H and O–H groups in total. The fraction of sp³-hybridized carbons (Fsp3) is 0.143. The van der Waals surface area contributed by atoms with Crippen molar-refractivity contribution in [2.24, 2.45) is 0 Å². The molecule has 0 radical (unpaired) electrons. The molecule has 2 rings (SSSR count). The summed E-state index contributed by atoms with van der Waals surface area (Å²) in [5.41, 5.74) is 6.99. The predicted octanol–water partition coefficient (Wildman–Crippen LogP) is 3.83. The van der Waals surface area contributed by atoms with E-state index in [2.05, 4.69) is 36.6 Å². The maximum Gasteiger partial charge on any atom is 0.241 e. The summed E-state index contributed by atoms with van der Waals surface area (Å²) in [4.78, 5) is 0.144. The minimum atomic E-state index is -3.63. The van der Waals surface area contributed by atoms with Gasteiger partial charge in [-0.25, -0.2) is 13.1 Å². The topological polar surface area (TPSA) is 72.2 Å². The van der Waals surface area contributed by atoms with E-state index in [1.54, 1.807) is 13.0 Å². The number of sulfonamides is 1. The molecule has 0 amide bonds. The molecule has 4 nitrogen and oxygen atoms in total. The van der Waals surface area contributed by atoms with Crippen LogP contribution in [0.3, 0.4) is 0 Å². The summed E-state index contributed by atoms with van der Waals surface area (Å²) in [5.74, 6) is 0. The number of nitrogen functional groups attached to an aromatic ring is 1. The number of anilines is 1. The van der Waals surface area contributed by atoms with Gasteiger partial charge in [-0.1, -0.05) is 28.1 Å². The van der Waals surface area contributed by atoms with E-state index in [0.29, 0.717) is 10.2 Å². The first-order valence-electron chi connectivity index (χ1n) is 6.12. The summed E-state index contributed by atoms with van der Waals surface area (Å²) < 4.78 is 29.0. The monoisotopic (exact) mass is 432 g/mol. The molecule has 0 aliphatic rings. The number of nitrogens with one attached hydrogen (secondary N) is 1. The van der Waals surface area contributed by atoms with Crippen molar-refractivity contribution >= 4 is 47.6 Å². The quantitative estimate of drug-likeness (QED) is 0.719. The first kappa shape index (κ1) is 16.5. The van der Waals surface area contributed by atoms with E-state index in [1.165, 1.54) is 12.1 Å². The molecule has 1 unspecified atom stereocenters. The highest BCUT2D eigenvalue weighted by atomic mass is 79.9. The first-order chi connectivity index (χ1) is 9.79. The summed E-state index contributed by atoms with van der Waals surface area (Å²) in [7, 11) is -3.63. The zero-order valence-electron chi connectivity index (χ0n) is 11.2. The number of nitrogens with two attached hydrogens (primary N) is 1. The van der Waals surface area contributed by atoms with Gasteiger partial charge in [-0.05, 0) is 58.7 Å². The van der Waals surface area contributed by atoms with Crippen LogP contribution >= 0.6 is 31.9 Å². The SMILES string of the molecule is CC(NS(=O)(=O)c1ccc(Br)c(N)c1)c1cccc(Br)c1. The van der Waals surface area contributed by atoms with Gasteiger partial charge in [0.05, 0.1) is 4.90 Å². The van der Waals surface area contributed by atoms with Crippen LogP contribution in [0.15, 0.2) is 56.3 Å². The fourth-order valence-corrected chi connectivity index (χ4v) is 3.76. The van der Waals surface area contributed by atoms with Crippen molar-refractivity contribution in [3.63, 3.8) is 0 Å². The molecule has 7 heteroatoms. The van der Waals surface area contributed by atoms with E-state index in [4.69, 9.17) is 5.73 Å². The number of hydrogen-bond acceptors (Lipinski definition) is 3. The van der Waals surface area contributed by atoms with Crippen LogP contribution in [0.4, 0.5) is 5.69 Å². The van der Waals surface area contributed by atoms with Gasteiger partial charge in [-0.3, -0.25) is 0 Å². The summed E-state index contributed by atoms with van der Waals surface area (Å²) in [6.07, 6.45) is 0. The summed E-state index contributed by atoms with van der Waals surface area (Å²) >= 11 is 6.62. The largest absolute Gasteiger partial charge is 0.398 e. The van der Waals surface area contributed by atoms with Crippen LogP contribution in [0.25, 0.3) is 0 Å². The van der Waals surface area contributed by atoms with Crippen LogP contribution in [0.2, 0.25) is 0 Å². The lowest BCUT2D eigenvalue weighted by molar-refractivity contribution is 0.567. The molecular weight excluding hydrogens is 420 g/mol. The second-order valence-electron chi connectivity index (χ2n) is 4.58. The van der Waals surface area contributed by atoms with Crippen LogP contribution in [0, 0.1) is 0 Å². The lowest BCUT2D eigenvalue weighted by atomic mass is 10.1. The second kappa shape index (κ2) is 6.48. The molecule has 0 saturated heterocycles. The van der Waals surface area contributed by atoms with Crippen molar-refractivity contribution in [1.82, 2.24) is 4.72 Å². The molecule has 2 aromatic rings. The third kappa shape index (κ3) is 4.06. The first-order valence-corrected chi connectivity index (χ1v) is 9.19. The Labute approximate surface area is 141 Å². The molecule has 2 aromatic carbocycles. The molecule has 0 fully saturated rings. The Balaban J connectivity index is 2.26. The van der Waals surface area contributed by atoms with Gasteiger partial charge in [0.25, 0.3) is 0 Å². The lowest BCUT2D eigenvalue weighted by Crippen LogP contribution is -2.27. The van der Waals surface area contributed by atoms with Gasteiger partial charge >= 0.3 is 0 Å². The van der Waals surface area contributed by atoms with Crippen LogP contribution in [-0.4, -0.2) is 8.42 Å². The minimum absolute atomic E-state index is 0.144. The normalized spacial score (nSPS) is 13.1. The Hall–Kier alpha value is -0.890. The van der Waals surface area contributed by atoms with Gasteiger partial charge < -0.3 is 5.73 Å². The molecule has 21 heavy (non-hydrogen) atoms. The maximum absolute atomic E-state index is 12.4. The Morgan fingerprint density at radius 3 is 2.48 bits per heavy atom. The number of benzene rings is 2. The summed E-state index contributed by atoms with van der Waals surface area (Å²) in [5, 5.41) is 0. The highest BCUT2D eigenvalue weighted by molar-refractivity contribution is 9.10. The van der Waals surface area contributed by atoms with Crippen LogP contribution in [-0.2, 0) is 10.0 Å². The van der Waals surface area contributed by atoms with Crippen molar-refractivity contribution in [3.8, 4) is 0 Å². The molecule has 0 aliphatic heterocycles. The smallest absolute Gasteiger partial charge is 0.241 e. The van der Waals surface area contributed by atoms with Crippen molar-refractivity contribution < 1.29 is 8.42 Å². The number of halogens is 2. The zero-order chi connectivity index (χ0) is 15.6. The van der Waals surface area contributed by atoms with E-state index in [1.807, 2.05) is 24.3 Å². The van der Waals surface area contributed by atoms with E-state index >= 15 is 0 Å². The van der Waals surface area contributed by atoms with Crippen molar-refractivity contribution in [1.29, 1.82) is 0 Å². The molecule has 0 saturated carbocycles. The molecule has 0 aliphatic carbocycles. The summed E-state index contributed by atoms with van der Waals surface area (Å²) in [6.45, 7) is 1.79.